The Morgan fingerprint density at radius 1 is 0.818 bits per heavy atom. The highest BCUT2D eigenvalue weighted by atomic mass is 16.5. The number of aryl methyl sites for hydroxylation is 2. The Hall–Kier alpha value is -4.06. The summed E-state index contributed by atoms with van der Waals surface area (Å²) in [4.78, 5) is 28.6. The number of benzene rings is 3. The predicted molar refractivity (Wildman–Crippen MR) is 130 cm³/mol. The minimum atomic E-state index is -0.435. The lowest BCUT2D eigenvalue weighted by Gasteiger charge is -2.19. The second-order valence-electron chi connectivity index (χ2n) is 7.97. The molecule has 0 fully saturated rings. The summed E-state index contributed by atoms with van der Waals surface area (Å²) >= 11 is 0. The van der Waals surface area contributed by atoms with E-state index in [0.717, 1.165) is 22.4 Å². The molecule has 0 saturated carbocycles. The number of amides is 2. The molecule has 3 aromatic carbocycles. The number of methoxy groups -OCH3 is 2. The summed E-state index contributed by atoms with van der Waals surface area (Å²) in [5.74, 6) is 0.263. The Morgan fingerprint density at radius 2 is 1.55 bits per heavy atom. The summed E-state index contributed by atoms with van der Waals surface area (Å²) in [6.07, 6.45) is 0. The molecule has 4 rings (SSSR count). The van der Waals surface area contributed by atoms with Crippen LogP contribution in [0.2, 0.25) is 0 Å². The van der Waals surface area contributed by atoms with Gasteiger partial charge in [0.1, 0.15) is 17.2 Å². The fourth-order valence-corrected chi connectivity index (χ4v) is 3.89. The maximum absolute atomic E-state index is 13.7. The predicted octanol–water partition coefficient (Wildman–Crippen LogP) is 5.03. The molecule has 1 heterocycles. The zero-order valence-corrected chi connectivity index (χ0v) is 19.4. The molecular formula is C27H26N2O4. The zero-order valence-electron chi connectivity index (χ0n) is 19.4. The molecule has 6 nitrogen and oxygen atoms in total. The number of anilines is 2. The fraction of sp³-hybridized carbons (Fsp3) is 0.185. The number of hydrogen-bond acceptors (Lipinski definition) is 5. The average molecular weight is 443 g/mol. The van der Waals surface area contributed by atoms with E-state index in [2.05, 4.69) is 5.32 Å². The molecule has 0 saturated heterocycles. The van der Waals surface area contributed by atoms with Crippen molar-refractivity contribution in [2.75, 3.05) is 24.4 Å². The Labute approximate surface area is 193 Å². The molecule has 0 unspecified atom stereocenters. The Kier molecular flexibility index (Phi) is 5.92. The Balaban J connectivity index is 1.88. The molecule has 0 spiro atoms. The summed E-state index contributed by atoms with van der Waals surface area (Å²) in [7, 11) is 3.10. The van der Waals surface area contributed by atoms with Crippen molar-refractivity contribution >= 4 is 28.8 Å². The number of carbonyl (C=O) groups excluding carboxylic acids is 2. The van der Waals surface area contributed by atoms with Gasteiger partial charge in [0.15, 0.2) is 0 Å². The Morgan fingerprint density at radius 3 is 2.21 bits per heavy atom. The lowest BCUT2D eigenvalue weighted by atomic mass is 10.0. The quantitative estimate of drug-likeness (QED) is 0.543. The highest BCUT2D eigenvalue weighted by molar-refractivity contribution is 6.46. The summed E-state index contributed by atoms with van der Waals surface area (Å²) in [6.45, 7) is 5.89. The molecular weight excluding hydrogens is 416 g/mol. The Bertz CT molecular complexity index is 1280. The van der Waals surface area contributed by atoms with Gasteiger partial charge in [0.05, 0.1) is 25.5 Å². The molecule has 33 heavy (non-hydrogen) atoms. The molecule has 0 atom stereocenters. The van der Waals surface area contributed by atoms with Crippen LogP contribution in [0.1, 0.15) is 22.3 Å². The first-order valence-electron chi connectivity index (χ1n) is 10.6. The maximum atomic E-state index is 13.7. The lowest BCUT2D eigenvalue weighted by Crippen LogP contribution is -2.32. The van der Waals surface area contributed by atoms with Crippen LogP contribution in [-0.2, 0) is 9.59 Å². The topological polar surface area (TPSA) is 67.9 Å². The van der Waals surface area contributed by atoms with Crippen LogP contribution in [0.15, 0.2) is 66.4 Å². The number of imide groups is 1. The number of nitrogens with zero attached hydrogens (tertiary/aromatic N) is 1. The molecule has 1 N–H and O–H groups in total. The van der Waals surface area contributed by atoms with Gasteiger partial charge in [0.25, 0.3) is 11.8 Å². The van der Waals surface area contributed by atoms with Crippen LogP contribution in [0.25, 0.3) is 5.57 Å². The molecule has 6 heteroatoms. The molecule has 0 aromatic heterocycles. The number of hydrogen-bond donors (Lipinski definition) is 1. The third-order valence-electron chi connectivity index (χ3n) is 5.90. The van der Waals surface area contributed by atoms with Crippen molar-refractivity contribution in [1.82, 2.24) is 0 Å². The first kappa shape index (κ1) is 22.1. The third kappa shape index (κ3) is 3.96. The van der Waals surface area contributed by atoms with E-state index in [1.54, 1.807) is 43.5 Å². The van der Waals surface area contributed by atoms with Gasteiger partial charge in [0.2, 0.25) is 0 Å². The molecule has 0 radical (unpaired) electrons. The number of rotatable bonds is 6. The van der Waals surface area contributed by atoms with E-state index in [-0.39, 0.29) is 5.70 Å². The van der Waals surface area contributed by atoms with E-state index in [4.69, 9.17) is 9.47 Å². The number of nitrogens with one attached hydrogen (secondary N) is 1. The largest absolute Gasteiger partial charge is 0.497 e. The van der Waals surface area contributed by atoms with E-state index < -0.39 is 11.8 Å². The monoisotopic (exact) mass is 442 g/mol. The highest BCUT2D eigenvalue weighted by Gasteiger charge is 2.41. The smallest absolute Gasteiger partial charge is 0.282 e. The second-order valence-corrected chi connectivity index (χ2v) is 7.97. The lowest BCUT2D eigenvalue weighted by molar-refractivity contribution is -0.120. The maximum Gasteiger partial charge on any atom is 0.282 e. The number of ether oxygens (including phenoxy) is 2. The van der Waals surface area contributed by atoms with Gasteiger partial charge in [-0.2, -0.15) is 0 Å². The summed E-state index contributed by atoms with van der Waals surface area (Å²) in [6, 6.07) is 18.3. The summed E-state index contributed by atoms with van der Waals surface area (Å²) < 4.78 is 10.7. The normalized spacial score (nSPS) is 13.5. The van der Waals surface area contributed by atoms with E-state index in [1.807, 2.05) is 45.0 Å². The van der Waals surface area contributed by atoms with Crippen LogP contribution in [0.3, 0.4) is 0 Å². The minimum absolute atomic E-state index is 0.224. The van der Waals surface area contributed by atoms with Crippen molar-refractivity contribution in [2.45, 2.75) is 20.8 Å². The summed E-state index contributed by atoms with van der Waals surface area (Å²) in [5.41, 5.74) is 5.33. The van der Waals surface area contributed by atoms with E-state index >= 15 is 0 Å². The first-order valence-corrected chi connectivity index (χ1v) is 10.6. The second kappa shape index (κ2) is 8.82. The highest BCUT2D eigenvalue weighted by Crippen LogP contribution is 2.39. The van der Waals surface area contributed by atoms with Crippen molar-refractivity contribution in [2.24, 2.45) is 0 Å². The molecule has 0 aliphatic carbocycles. The molecule has 3 aromatic rings. The van der Waals surface area contributed by atoms with Gasteiger partial charge in [-0.25, -0.2) is 4.90 Å². The zero-order chi connectivity index (χ0) is 23.7. The van der Waals surface area contributed by atoms with Gasteiger partial charge in [-0.1, -0.05) is 30.3 Å². The van der Waals surface area contributed by atoms with Crippen molar-refractivity contribution < 1.29 is 19.1 Å². The van der Waals surface area contributed by atoms with Crippen LogP contribution in [0.4, 0.5) is 11.4 Å². The first-order chi connectivity index (χ1) is 15.8. The molecule has 0 bridgehead atoms. The van der Waals surface area contributed by atoms with E-state index in [1.165, 1.54) is 12.0 Å². The van der Waals surface area contributed by atoms with Crippen LogP contribution in [0, 0.1) is 20.8 Å². The molecule has 1 aliphatic heterocycles. The summed E-state index contributed by atoms with van der Waals surface area (Å²) in [5, 5.41) is 3.25. The fourth-order valence-electron chi connectivity index (χ4n) is 3.89. The minimum Gasteiger partial charge on any atom is -0.497 e. The van der Waals surface area contributed by atoms with Crippen LogP contribution in [0.5, 0.6) is 11.5 Å². The molecule has 1 aliphatic rings. The average Bonchev–Trinajstić information content (AvgIpc) is 3.06. The van der Waals surface area contributed by atoms with Gasteiger partial charge in [0, 0.05) is 5.69 Å². The van der Waals surface area contributed by atoms with Crippen LogP contribution >= 0.6 is 0 Å². The van der Waals surface area contributed by atoms with Crippen molar-refractivity contribution in [3.63, 3.8) is 0 Å². The van der Waals surface area contributed by atoms with Gasteiger partial charge < -0.3 is 14.8 Å². The standard InChI is InChI=1S/C27H26N2O4/c1-16-9-14-23(33-5)22(15-16)29-26(30)24(19-10-12-20(32-4)13-11-19)25(27(29)31)28-21-8-6-7-17(2)18(21)3/h6-15,28H,1-5H3. The van der Waals surface area contributed by atoms with Crippen molar-refractivity contribution in [3.8, 4) is 11.5 Å². The van der Waals surface area contributed by atoms with Gasteiger partial charge >= 0.3 is 0 Å². The SMILES string of the molecule is COc1ccc(C2=C(Nc3cccc(C)c3C)C(=O)N(c3cc(C)ccc3OC)C2=O)cc1. The van der Waals surface area contributed by atoms with Crippen molar-refractivity contribution in [3.05, 3.63) is 88.6 Å². The van der Waals surface area contributed by atoms with E-state index in [0.29, 0.717) is 28.3 Å². The van der Waals surface area contributed by atoms with Crippen LogP contribution in [-0.4, -0.2) is 26.0 Å². The van der Waals surface area contributed by atoms with Gasteiger partial charge in [-0.3, -0.25) is 9.59 Å². The van der Waals surface area contributed by atoms with Crippen molar-refractivity contribution in [1.29, 1.82) is 0 Å². The van der Waals surface area contributed by atoms with Gasteiger partial charge in [-0.05, 0) is 73.4 Å². The number of carbonyl (C=O) groups is 2. The van der Waals surface area contributed by atoms with E-state index in [9.17, 15) is 9.59 Å². The molecule has 168 valence electrons. The van der Waals surface area contributed by atoms with Gasteiger partial charge in [-0.15, -0.1) is 0 Å². The third-order valence-corrected chi connectivity index (χ3v) is 5.90. The molecule has 2 amide bonds. The van der Waals surface area contributed by atoms with Crippen LogP contribution < -0.4 is 19.7 Å².